The van der Waals surface area contributed by atoms with Crippen LogP contribution in [-0.2, 0) is 0 Å². The third-order valence-electron chi connectivity index (χ3n) is 3.32. The minimum atomic E-state index is 0.731. The van der Waals surface area contributed by atoms with E-state index in [0.717, 1.165) is 29.4 Å². The molecular weight excluding hydrogens is 134 g/mol. The van der Waals surface area contributed by atoms with E-state index in [0.29, 0.717) is 0 Å². The first kappa shape index (κ1) is 6.96. The number of allylic oxidation sites excluding steroid dienone is 3. The molecule has 0 saturated heterocycles. The zero-order valence-corrected chi connectivity index (χ0v) is 7.12. The normalized spacial score (nSPS) is 47.6. The van der Waals surface area contributed by atoms with Crippen LogP contribution in [0.1, 0.15) is 13.8 Å². The Labute approximate surface area is 68.0 Å². The Hall–Kier alpha value is -0.720. The number of hydrogen-bond donors (Lipinski definition) is 1. The summed E-state index contributed by atoms with van der Waals surface area (Å²) in [7, 11) is 0. The van der Waals surface area contributed by atoms with Crippen molar-refractivity contribution in [2.24, 2.45) is 29.4 Å². The lowest BCUT2D eigenvalue weighted by Gasteiger charge is -2.45. The summed E-state index contributed by atoms with van der Waals surface area (Å²) in [6.45, 7) is 4.63. The molecule has 0 heterocycles. The van der Waals surface area contributed by atoms with E-state index in [9.17, 15) is 0 Å². The van der Waals surface area contributed by atoms with Crippen LogP contribution in [0.2, 0.25) is 0 Å². The van der Waals surface area contributed by atoms with Gasteiger partial charge in [0, 0.05) is 5.70 Å². The van der Waals surface area contributed by atoms with Gasteiger partial charge in [-0.3, -0.25) is 0 Å². The molecule has 0 aromatic heterocycles. The van der Waals surface area contributed by atoms with Gasteiger partial charge in [0.1, 0.15) is 0 Å². The Morgan fingerprint density at radius 3 is 2.45 bits per heavy atom. The lowest BCUT2D eigenvalue weighted by molar-refractivity contribution is 0.0770. The third-order valence-corrected chi connectivity index (χ3v) is 3.32. The van der Waals surface area contributed by atoms with Crippen molar-refractivity contribution in [3.8, 4) is 0 Å². The molecular formula is C10H15N. The fraction of sp³-hybridized carbons (Fsp3) is 0.600. The van der Waals surface area contributed by atoms with Crippen molar-refractivity contribution >= 4 is 0 Å². The molecule has 1 heteroatoms. The minimum Gasteiger partial charge on any atom is -0.399 e. The Bertz CT molecular complexity index is 217. The molecule has 1 fully saturated rings. The van der Waals surface area contributed by atoms with Crippen molar-refractivity contribution in [3.63, 3.8) is 0 Å². The second kappa shape index (κ2) is 2.13. The Kier molecular flexibility index (Phi) is 1.35. The van der Waals surface area contributed by atoms with Crippen molar-refractivity contribution in [1.29, 1.82) is 0 Å². The monoisotopic (exact) mass is 149 g/mol. The maximum absolute atomic E-state index is 5.75. The Morgan fingerprint density at radius 1 is 1.18 bits per heavy atom. The third kappa shape index (κ3) is 0.834. The fourth-order valence-electron chi connectivity index (χ4n) is 2.48. The van der Waals surface area contributed by atoms with Gasteiger partial charge in [-0.25, -0.2) is 0 Å². The van der Waals surface area contributed by atoms with Crippen LogP contribution in [0.5, 0.6) is 0 Å². The van der Waals surface area contributed by atoms with Gasteiger partial charge < -0.3 is 5.73 Å². The van der Waals surface area contributed by atoms with E-state index < -0.39 is 0 Å². The number of hydrogen-bond acceptors (Lipinski definition) is 1. The molecule has 2 atom stereocenters. The molecule has 0 amide bonds. The minimum absolute atomic E-state index is 0.731. The lowest BCUT2D eigenvalue weighted by Crippen LogP contribution is -2.40. The molecule has 11 heavy (non-hydrogen) atoms. The lowest BCUT2D eigenvalue weighted by atomic mass is 9.59. The van der Waals surface area contributed by atoms with Crippen molar-refractivity contribution in [1.82, 2.24) is 0 Å². The molecule has 2 unspecified atom stereocenters. The molecule has 3 aliphatic carbocycles. The van der Waals surface area contributed by atoms with Crippen molar-refractivity contribution in [2.45, 2.75) is 13.8 Å². The van der Waals surface area contributed by atoms with Gasteiger partial charge in [0.25, 0.3) is 0 Å². The summed E-state index contributed by atoms with van der Waals surface area (Å²) in [5.41, 5.74) is 6.70. The Balaban J connectivity index is 2.30. The standard InChI is InChI=1S/C10H15N/c1-6-9-4-3-8(11)5-10(6)7(9)2/h3-7,9-10H,11H2,1-2H3. The SMILES string of the molecule is CC1C2C=CC(N)=CC1C2C. The summed E-state index contributed by atoms with van der Waals surface area (Å²) in [4.78, 5) is 0. The highest BCUT2D eigenvalue weighted by Crippen LogP contribution is 2.48. The molecule has 3 rings (SSSR count). The van der Waals surface area contributed by atoms with Crippen LogP contribution >= 0.6 is 0 Å². The van der Waals surface area contributed by atoms with Crippen LogP contribution < -0.4 is 5.73 Å². The van der Waals surface area contributed by atoms with Crippen LogP contribution in [0.4, 0.5) is 0 Å². The molecule has 0 aromatic carbocycles. The molecule has 0 aliphatic heterocycles. The molecule has 2 bridgehead atoms. The maximum atomic E-state index is 5.75. The van der Waals surface area contributed by atoms with E-state index in [-0.39, 0.29) is 0 Å². The molecule has 3 aliphatic rings. The predicted molar refractivity (Wildman–Crippen MR) is 46.7 cm³/mol. The van der Waals surface area contributed by atoms with E-state index >= 15 is 0 Å². The van der Waals surface area contributed by atoms with Gasteiger partial charge in [0.2, 0.25) is 0 Å². The predicted octanol–water partition coefficient (Wildman–Crippen LogP) is 1.92. The van der Waals surface area contributed by atoms with Crippen LogP contribution in [0.3, 0.4) is 0 Å². The van der Waals surface area contributed by atoms with Gasteiger partial charge in [-0.1, -0.05) is 26.0 Å². The first-order chi connectivity index (χ1) is 5.20. The fourth-order valence-corrected chi connectivity index (χ4v) is 2.48. The topological polar surface area (TPSA) is 26.0 Å². The van der Waals surface area contributed by atoms with Gasteiger partial charge >= 0.3 is 0 Å². The highest BCUT2D eigenvalue weighted by Gasteiger charge is 2.42. The van der Waals surface area contributed by atoms with Crippen molar-refractivity contribution < 1.29 is 0 Å². The summed E-state index contributed by atoms with van der Waals surface area (Å²) in [5, 5.41) is 0. The maximum Gasteiger partial charge on any atom is 0.0273 e. The van der Waals surface area contributed by atoms with Crippen LogP contribution in [0.25, 0.3) is 0 Å². The zero-order chi connectivity index (χ0) is 8.01. The number of nitrogens with two attached hydrogens (primary N) is 1. The summed E-state index contributed by atoms with van der Waals surface area (Å²) >= 11 is 0. The van der Waals surface area contributed by atoms with Crippen LogP contribution in [0, 0.1) is 23.7 Å². The summed E-state index contributed by atoms with van der Waals surface area (Å²) in [6.07, 6.45) is 6.55. The second-order valence-electron chi connectivity index (χ2n) is 3.90. The van der Waals surface area contributed by atoms with Crippen molar-refractivity contribution in [3.05, 3.63) is 23.9 Å². The van der Waals surface area contributed by atoms with E-state index in [1.807, 2.05) is 0 Å². The highest BCUT2D eigenvalue weighted by molar-refractivity contribution is 5.26. The van der Waals surface area contributed by atoms with Crippen LogP contribution in [0.15, 0.2) is 23.9 Å². The van der Waals surface area contributed by atoms with Crippen molar-refractivity contribution in [2.75, 3.05) is 0 Å². The molecule has 1 nitrogen and oxygen atoms in total. The quantitative estimate of drug-likeness (QED) is 0.559. The van der Waals surface area contributed by atoms with Crippen LogP contribution in [-0.4, -0.2) is 0 Å². The number of rotatable bonds is 0. The van der Waals surface area contributed by atoms with E-state index in [1.54, 1.807) is 0 Å². The summed E-state index contributed by atoms with van der Waals surface area (Å²) < 4.78 is 0. The largest absolute Gasteiger partial charge is 0.399 e. The smallest absolute Gasteiger partial charge is 0.0273 e. The molecule has 1 saturated carbocycles. The van der Waals surface area contributed by atoms with E-state index in [4.69, 9.17) is 5.73 Å². The summed E-state index contributed by atoms with van der Waals surface area (Å²) in [5.74, 6) is 3.12. The summed E-state index contributed by atoms with van der Waals surface area (Å²) in [6, 6.07) is 0. The molecule has 0 radical (unpaired) electrons. The molecule has 2 N–H and O–H groups in total. The first-order valence-electron chi connectivity index (χ1n) is 4.35. The average Bonchev–Trinajstić information content (AvgIpc) is 2.21. The molecule has 0 spiro atoms. The van der Waals surface area contributed by atoms with Gasteiger partial charge in [-0.05, 0) is 29.7 Å². The second-order valence-corrected chi connectivity index (χ2v) is 3.90. The van der Waals surface area contributed by atoms with Gasteiger partial charge in [0.15, 0.2) is 0 Å². The number of fused-ring (bicyclic) bond motifs is 1. The first-order valence-corrected chi connectivity index (χ1v) is 4.35. The van der Waals surface area contributed by atoms with E-state index in [1.165, 1.54) is 0 Å². The van der Waals surface area contributed by atoms with Gasteiger partial charge in [-0.2, -0.15) is 0 Å². The Morgan fingerprint density at radius 2 is 1.82 bits per heavy atom. The van der Waals surface area contributed by atoms with Gasteiger partial charge in [0.05, 0.1) is 0 Å². The zero-order valence-electron chi connectivity index (χ0n) is 7.12. The highest BCUT2D eigenvalue weighted by atomic mass is 14.6. The van der Waals surface area contributed by atoms with Gasteiger partial charge in [-0.15, -0.1) is 0 Å². The van der Waals surface area contributed by atoms with E-state index in [2.05, 4.69) is 32.1 Å². The molecule has 0 aromatic rings. The molecule has 60 valence electrons. The average molecular weight is 149 g/mol.